The fraction of sp³-hybridized carbons (Fsp3) is 0.519. The van der Waals surface area contributed by atoms with Crippen LogP contribution in [0.2, 0.25) is 0 Å². The SMILES string of the molecule is CCC(C)C(N)C(=O)NC(Cc1c[nH]c2ccccc12)C(=O)NC(CC(=O)O)C(=O)NC(CCCCN)C(=O)O. The lowest BCUT2D eigenvalue weighted by Gasteiger charge is -2.25. The van der Waals surface area contributed by atoms with Gasteiger partial charge in [0.15, 0.2) is 0 Å². The van der Waals surface area contributed by atoms with E-state index in [0.29, 0.717) is 31.4 Å². The molecule has 13 heteroatoms. The van der Waals surface area contributed by atoms with Gasteiger partial charge in [0.05, 0.1) is 12.5 Å². The van der Waals surface area contributed by atoms with Crippen LogP contribution in [0.25, 0.3) is 10.9 Å². The van der Waals surface area contributed by atoms with Gasteiger partial charge in [0.25, 0.3) is 0 Å². The normalized spacial score (nSPS) is 14.9. The Hall–Kier alpha value is -3.97. The maximum absolute atomic E-state index is 13.4. The van der Waals surface area contributed by atoms with E-state index in [0.717, 1.165) is 10.9 Å². The summed E-state index contributed by atoms with van der Waals surface area (Å²) in [5, 5.41) is 27.0. The number of amides is 3. The van der Waals surface area contributed by atoms with Crippen LogP contribution in [0.15, 0.2) is 30.5 Å². The molecule has 0 saturated carbocycles. The molecule has 0 radical (unpaired) electrons. The van der Waals surface area contributed by atoms with Gasteiger partial charge in [0.2, 0.25) is 17.7 Å². The van der Waals surface area contributed by atoms with Crippen LogP contribution < -0.4 is 27.4 Å². The Bertz CT molecular complexity index is 1180. The summed E-state index contributed by atoms with van der Waals surface area (Å²) in [6.45, 7) is 4.03. The predicted molar refractivity (Wildman–Crippen MR) is 148 cm³/mol. The molecule has 40 heavy (non-hydrogen) atoms. The molecule has 0 saturated heterocycles. The van der Waals surface area contributed by atoms with Gasteiger partial charge in [-0.25, -0.2) is 4.79 Å². The highest BCUT2D eigenvalue weighted by Gasteiger charge is 2.32. The summed E-state index contributed by atoms with van der Waals surface area (Å²) in [6.07, 6.45) is 2.61. The Morgan fingerprint density at radius 1 is 0.925 bits per heavy atom. The van der Waals surface area contributed by atoms with Gasteiger partial charge in [-0.2, -0.15) is 0 Å². The predicted octanol–water partition coefficient (Wildman–Crippen LogP) is 0.227. The number of carbonyl (C=O) groups is 5. The van der Waals surface area contributed by atoms with Gasteiger partial charge < -0.3 is 42.6 Å². The first kappa shape index (κ1) is 32.2. The van der Waals surface area contributed by atoms with Gasteiger partial charge in [-0.3, -0.25) is 19.2 Å². The number of unbranched alkanes of at least 4 members (excludes halogenated alkanes) is 1. The largest absolute Gasteiger partial charge is 0.481 e. The van der Waals surface area contributed by atoms with E-state index in [1.165, 1.54) is 0 Å². The summed E-state index contributed by atoms with van der Waals surface area (Å²) in [4.78, 5) is 65.6. The summed E-state index contributed by atoms with van der Waals surface area (Å²) >= 11 is 0. The molecular weight excluding hydrogens is 520 g/mol. The van der Waals surface area contributed by atoms with Crippen molar-refractivity contribution < 1.29 is 34.2 Å². The topological polar surface area (TPSA) is 230 Å². The third-order valence-corrected chi connectivity index (χ3v) is 6.86. The number of hydrogen-bond acceptors (Lipinski definition) is 7. The highest BCUT2D eigenvalue weighted by molar-refractivity contribution is 5.96. The minimum atomic E-state index is -1.59. The summed E-state index contributed by atoms with van der Waals surface area (Å²) in [7, 11) is 0. The van der Waals surface area contributed by atoms with Crippen LogP contribution in [0.5, 0.6) is 0 Å². The fourth-order valence-corrected chi connectivity index (χ4v) is 4.19. The number of nitrogens with two attached hydrogens (primary N) is 2. The number of benzene rings is 1. The third kappa shape index (κ3) is 9.35. The summed E-state index contributed by atoms with van der Waals surface area (Å²) in [5.74, 6) is -5.20. The van der Waals surface area contributed by atoms with E-state index in [4.69, 9.17) is 11.5 Å². The molecule has 3 amide bonds. The monoisotopic (exact) mass is 560 g/mol. The molecule has 5 atom stereocenters. The van der Waals surface area contributed by atoms with Gasteiger partial charge in [-0.1, -0.05) is 38.5 Å². The second kappa shape index (κ2) is 15.6. The van der Waals surface area contributed by atoms with Crippen molar-refractivity contribution in [1.29, 1.82) is 0 Å². The van der Waals surface area contributed by atoms with Crippen LogP contribution in [0.1, 0.15) is 51.5 Å². The lowest BCUT2D eigenvalue weighted by molar-refractivity contribution is -0.143. The Labute approximate surface area is 232 Å². The summed E-state index contributed by atoms with van der Waals surface area (Å²) in [6, 6.07) is 2.39. The molecule has 13 nitrogen and oxygen atoms in total. The van der Waals surface area contributed by atoms with Crippen LogP contribution >= 0.6 is 0 Å². The average molecular weight is 561 g/mol. The highest BCUT2D eigenvalue weighted by Crippen LogP contribution is 2.19. The maximum Gasteiger partial charge on any atom is 0.326 e. The molecule has 2 rings (SSSR count). The van der Waals surface area contributed by atoms with Crippen LogP contribution in [0, 0.1) is 5.92 Å². The number of carboxylic acids is 2. The fourth-order valence-electron chi connectivity index (χ4n) is 4.19. The van der Waals surface area contributed by atoms with Gasteiger partial charge in [-0.15, -0.1) is 0 Å². The standard InChI is InChI=1S/C27H40N6O7/c1-3-15(2)23(29)26(38)33-20(12-16-14-30-18-9-5-4-8-17(16)18)24(36)32-21(13-22(34)35)25(37)31-19(27(39)40)10-6-7-11-28/h4-5,8-9,14-15,19-21,23,30H,3,6-7,10-13,28-29H2,1-2H3,(H,31,37)(H,32,36)(H,33,38)(H,34,35)(H,39,40). The zero-order chi connectivity index (χ0) is 29.8. The number of carboxylic acid groups (broad SMARTS) is 2. The molecule has 5 unspecified atom stereocenters. The molecule has 1 aromatic heterocycles. The van der Waals surface area contributed by atoms with Gasteiger partial charge in [0, 0.05) is 23.5 Å². The summed E-state index contributed by atoms with van der Waals surface area (Å²) < 4.78 is 0. The quantitative estimate of drug-likeness (QED) is 0.124. The first-order chi connectivity index (χ1) is 19.0. The second-order valence-corrected chi connectivity index (χ2v) is 9.88. The maximum atomic E-state index is 13.4. The number of aliphatic carboxylic acids is 2. The Kier molecular flexibility index (Phi) is 12.6. The van der Waals surface area contributed by atoms with Crippen molar-refractivity contribution in [2.45, 2.75) is 76.5 Å². The molecule has 1 aromatic carbocycles. The number of para-hydroxylation sites is 1. The Morgan fingerprint density at radius 3 is 2.17 bits per heavy atom. The minimum absolute atomic E-state index is 0.0209. The van der Waals surface area contributed by atoms with Crippen LogP contribution in [0.3, 0.4) is 0 Å². The van der Waals surface area contributed by atoms with Crippen molar-refractivity contribution in [1.82, 2.24) is 20.9 Å². The van der Waals surface area contributed by atoms with E-state index in [9.17, 15) is 34.2 Å². The van der Waals surface area contributed by atoms with Crippen molar-refractivity contribution >= 4 is 40.6 Å². The van der Waals surface area contributed by atoms with E-state index in [1.807, 2.05) is 31.2 Å². The molecule has 1 heterocycles. The molecule has 220 valence electrons. The number of fused-ring (bicyclic) bond motifs is 1. The minimum Gasteiger partial charge on any atom is -0.481 e. The van der Waals surface area contributed by atoms with Crippen LogP contribution in [0.4, 0.5) is 0 Å². The van der Waals surface area contributed by atoms with Crippen molar-refractivity contribution in [3.63, 3.8) is 0 Å². The zero-order valence-corrected chi connectivity index (χ0v) is 22.8. The van der Waals surface area contributed by atoms with Crippen molar-refractivity contribution in [3.8, 4) is 0 Å². The van der Waals surface area contributed by atoms with Crippen LogP contribution in [-0.2, 0) is 30.4 Å². The number of nitrogens with one attached hydrogen (secondary N) is 4. The molecule has 0 aliphatic carbocycles. The van der Waals surface area contributed by atoms with Crippen molar-refractivity contribution in [2.24, 2.45) is 17.4 Å². The van der Waals surface area contributed by atoms with Crippen LogP contribution in [-0.4, -0.2) is 75.6 Å². The van der Waals surface area contributed by atoms with Gasteiger partial charge in [0.1, 0.15) is 18.1 Å². The molecule has 2 aromatic rings. The highest BCUT2D eigenvalue weighted by atomic mass is 16.4. The Morgan fingerprint density at radius 2 is 1.55 bits per heavy atom. The summed E-state index contributed by atoms with van der Waals surface area (Å²) in [5.41, 5.74) is 13.0. The van der Waals surface area contributed by atoms with Gasteiger partial charge in [-0.05, 0) is 43.4 Å². The number of hydrogen-bond donors (Lipinski definition) is 8. The molecule has 0 aliphatic heterocycles. The molecule has 0 bridgehead atoms. The van der Waals surface area contributed by atoms with E-state index in [-0.39, 0.29) is 18.8 Å². The first-order valence-electron chi connectivity index (χ1n) is 13.3. The molecular formula is C27H40N6O7. The average Bonchev–Trinajstić information content (AvgIpc) is 3.33. The van der Waals surface area contributed by atoms with Crippen molar-refractivity contribution in [2.75, 3.05) is 6.54 Å². The number of carbonyl (C=O) groups excluding carboxylic acids is 3. The van der Waals surface area contributed by atoms with Crippen molar-refractivity contribution in [3.05, 3.63) is 36.0 Å². The lowest BCUT2D eigenvalue weighted by atomic mass is 9.98. The van der Waals surface area contributed by atoms with E-state index < -0.39 is 60.2 Å². The Balaban J connectivity index is 2.29. The number of rotatable bonds is 17. The van der Waals surface area contributed by atoms with E-state index >= 15 is 0 Å². The molecule has 0 fully saturated rings. The van der Waals surface area contributed by atoms with E-state index in [2.05, 4.69) is 20.9 Å². The van der Waals surface area contributed by atoms with E-state index in [1.54, 1.807) is 13.1 Å². The smallest absolute Gasteiger partial charge is 0.326 e. The molecule has 0 spiro atoms. The number of aromatic amines is 1. The third-order valence-electron chi connectivity index (χ3n) is 6.86. The zero-order valence-electron chi connectivity index (χ0n) is 22.8. The lowest BCUT2D eigenvalue weighted by Crippen LogP contribution is -2.58. The second-order valence-electron chi connectivity index (χ2n) is 9.88. The van der Waals surface area contributed by atoms with Gasteiger partial charge >= 0.3 is 11.9 Å². The number of aromatic nitrogens is 1. The molecule has 10 N–H and O–H groups in total. The first-order valence-corrected chi connectivity index (χ1v) is 13.3. The molecule has 0 aliphatic rings. The number of H-pyrrole nitrogens is 1.